The van der Waals surface area contributed by atoms with E-state index in [0.717, 1.165) is 5.56 Å². The van der Waals surface area contributed by atoms with Gasteiger partial charge in [0.25, 0.3) is 5.56 Å². The zero-order chi connectivity index (χ0) is 15.2. The molecule has 1 aromatic heterocycles. The van der Waals surface area contributed by atoms with Crippen molar-refractivity contribution >= 4 is 12.0 Å². The van der Waals surface area contributed by atoms with Gasteiger partial charge < -0.3 is 10.3 Å². The van der Waals surface area contributed by atoms with Crippen LogP contribution in [-0.4, -0.2) is 15.9 Å². The van der Waals surface area contributed by atoms with Crippen LogP contribution < -0.4 is 16.6 Å². The highest BCUT2D eigenvalue weighted by molar-refractivity contribution is 5.91. The molecule has 1 aromatic carbocycles. The molecule has 1 amide bonds. The van der Waals surface area contributed by atoms with E-state index in [1.807, 2.05) is 30.3 Å². The first-order valence-corrected chi connectivity index (χ1v) is 6.39. The molecule has 0 bridgehead atoms. The lowest BCUT2D eigenvalue weighted by molar-refractivity contribution is -0.116. The zero-order valence-corrected chi connectivity index (χ0v) is 11.5. The quantitative estimate of drug-likeness (QED) is 0.722. The van der Waals surface area contributed by atoms with Crippen molar-refractivity contribution in [1.82, 2.24) is 15.3 Å². The fourth-order valence-corrected chi connectivity index (χ4v) is 1.74. The number of rotatable bonds is 4. The normalized spacial score (nSPS) is 10.7. The Balaban J connectivity index is 2.03. The van der Waals surface area contributed by atoms with Crippen molar-refractivity contribution in [2.24, 2.45) is 0 Å². The van der Waals surface area contributed by atoms with Crippen LogP contribution in [0.1, 0.15) is 16.8 Å². The maximum absolute atomic E-state index is 11.7. The summed E-state index contributed by atoms with van der Waals surface area (Å²) in [7, 11) is 0. The van der Waals surface area contributed by atoms with Crippen molar-refractivity contribution in [3.63, 3.8) is 0 Å². The van der Waals surface area contributed by atoms with Gasteiger partial charge in [0.05, 0.1) is 5.69 Å². The molecule has 0 aliphatic heterocycles. The van der Waals surface area contributed by atoms with Crippen LogP contribution >= 0.6 is 0 Å². The number of amides is 1. The molecule has 6 nitrogen and oxygen atoms in total. The summed E-state index contributed by atoms with van der Waals surface area (Å²) in [6.45, 7) is 1.98. The lowest BCUT2D eigenvalue weighted by Crippen LogP contribution is -2.25. The second kappa shape index (κ2) is 6.51. The van der Waals surface area contributed by atoms with Crippen LogP contribution in [0.3, 0.4) is 0 Å². The number of carbonyl (C=O) groups is 1. The molecule has 6 heteroatoms. The Labute approximate surface area is 120 Å². The predicted octanol–water partition coefficient (Wildman–Crippen LogP) is 0.701. The van der Waals surface area contributed by atoms with Crippen molar-refractivity contribution in [2.45, 2.75) is 13.5 Å². The van der Waals surface area contributed by atoms with E-state index in [9.17, 15) is 14.4 Å². The smallest absolute Gasteiger partial charge is 0.326 e. The maximum Gasteiger partial charge on any atom is 0.326 e. The van der Waals surface area contributed by atoms with Gasteiger partial charge in [-0.05, 0) is 18.6 Å². The first kappa shape index (κ1) is 14.5. The highest BCUT2D eigenvalue weighted by Gasteiger charge is 2.02. The molecule has 2 aromatic rings. The van der Waals surface area contributed by atoms with E-state index >= 15 is 0 Å². The Morgan fingerprint density at radius 3 is 2.62 bits per heavy atom. The third-order valence-corrected chi connectivity index (χ3v) is 2.93. The SMILES string of the molecule is Cc1c(/C=C/C(=O)NCc2ccccc2)[nH]c(=O)[nH]c1=O. The molecule has 0 aliphatic rings. The Morgan fingerprint density at radius 1 is 1.19 bits per heavy atom. The molecule has 0 spiro atoms. The molecule has 0 aliphatic carbocycles. The van der Waals surface area contributed by atoms with Gasteiger partial charge >= 0.3 is 5.69 Å². The molecule has 21 heavy (non-hydrogen) atoms. The molecule has 1 heterocycles. The van der Waals surface area contributed by atoms with E-state index in [-0.39, 0.29) is 5.91 Å². The molecular formula is C15H15N3O3. The molecule has 0 saturated heterocycles. The van der Waals surface area contributed by atoms with E-state index in [0.29, 0.717) is 17.8 Å². The van der Waals surface area contributed by atoms with Crippen LogP contribution in [0.2, 0.25) is 0 Å². The van der Waals surface area contributed by atoms with Crippen LogP contribution in [0.5, 0.6) is 0 Å². The zero-order valence-electron chi connectivity index (χ0n) is 11.5. The van der Waals surface area contributed by atoms with Gasteiger partial charge in [-0.15, -0.1) is 0 Å². The molecule has 3 N–H and O–H groups in total. The minimum atomic E-state index is -0.602. The standard InChI is InChI=1S/C15H15N3O3/c1-10-12(17-15(21)18-14(10)20)7-8-13(19)16-9-11-5-3-2-4-6-11/h2-8H,9H2,1H3,(H,16,19)(H2,17,18,20,21)/b8-7+. The summed E-state index contributed by atoms with van der Waals surface area (Å²) in [5.74, 6) is -0.306. The summed E-state index contributed by atoms with van der Waals surface area (Å²) >= 11 is 0. The van der Waals surface area contributed by atoms with E-state index in [1.54, 1.807) is 6.92 Å². The number of benzene rings is 1. The molecule has 0 radical (unpaired) electrons. The first-order valence-electron chi connectivity index (χ1n) is 6.39. The average Bonchev–Trinajstić information content (AvgIpc) is 2.48. The Morgan fingerprint density at radius 2 is 1.90 bits per heavy atom. The third kappa shape index (κ3) is 4.04. The summed E-state index contributed by atoms with van der Waals surface area (Å²) < 4.78 is 0. The topological polar surface area (TPSA) is 94.8 Å². The molecule has 0 unspecified atom stereocenters. The summed E-state index contributed by atoms with van der Waals surface area (Å²) in [5, 5.41) is 2.71. The number of nitrogens with one attached hydrogen (secondary N) is 3. The van der Waals surface area contributed by atoms with E-state index in [1.165, 1.54) is 12.2 Å². The Bertz CT molecular complexity index is 773. The van der Waals surface area contributed by atoms with Gasteiger partial charge in [0, 0.05) is 18.2 Å². The van der Waals surface area contributed by atoms with E-state index < -0.39 is 11.2 Å². The molecule has 0 fully saturated rings. The van der Waals surface area contributed by atoms with Crippen molar-refractivity contribution in [2.75, 3.05) is 0 Å². The molecule has 2 rings (SSSR count). The molecule has 108 valence electrons. The van der Waals surface area contributed by atoms with Gasteiger partial charge in [0.2, 0.25) is 5.91 Å². The van der Waals surface area contributed by atoms with Crippen LogP contribution in [0.15, 0.2) is 46.0 Å². The lowest BCUT2D eigenvalue weighted by Gasteiger charge is -2.02. The lowest BCUT2D eigenvalue weighted by atomic mass is 10.2. The maximum atomic E-state index is 11.7. The minimum absolute atomic E-state index is 0.306. The van der Waals surface area contributed by atoms with Gasteiger partial charge in [0.1, 0.15) is 0 Å². The molecular weight excluding hydrogens is 270 g/mol. The Kier molecular flexibility index (Phi) is 4.50. The largest absolute Gasteiger partial charge is 0.348 e. The summed E-state index contributed by atoms with van der Waals surface area (Å²) in [4.78, 5) is 38.9. The van der Waals surface area contributed by atoms with Crippen LogP contribution in [0.4, 0.5) is 0 Å². The van der Waals surface area contributed by atoms with Crippen LogP contribution in [0.25, 0.3) is 6.08 Å². The average molecular weight is 285 g/mol. The fraction of sp³-hybridized carbons (Fsp3) is 0.133. The number of hydrogen-bond donors (Lipinski definition) is 3. The van der Waals surface area contributed by atoms with Gasteiger partial charge in [-0.1, -0.05) is 30.3 Å². The number of hydrogen-bond acceptors (Lipinski definition) is 3. The van der Waals surface area contributed by atoms with Crippen LogP contribution in [-0.2, 0) is 11.3 Å². The van der Waals surface area contributed by atoms with Gasteiger partial charge in [-0.25, -0.2) is 4.79 Å². The fourth-order valence-electron chi connectivity index (χ4n) is 1.74. The van der Waals surface area contributed by atoms with E-state index in [4.69, 9.17) is 0 Å². The minimum Gasteiger partial charge on any atom is -0.348 e. The highest BCUT2D eigenvalue weighted by atomic mass is 16.2. The van der Waals surface area contributed by atoms with Crippen molar-refractivity contribution in [1.29, 1.82) is 0 Å². The number of aromatic amines is 2. The van der Waals surface area contributed by atoms with Crippen molar-refractivity contribution in [3.05, 3.63) is 74.1 Å². The first-order chi connectivity index (χ1) is 10.1. The van der Waals surface area contributed by atoms with E-state index in [2.05, 4.69) is 15.3 Å². The Hall–Kier alpha value is -2.89. The van der Waals surface area contributed by atoms with Gasteiger partial charge in [-0.2, -0.15) is 0 Å². The molecule has 0 saturated carbocycles. The van der Waals surface area contributed by atoms with Gasteiger partial charge in [-0.3, -0.25) is 14.6 Å². The molecule has 0 atom stereocenters. The van der Waals surface area contributed by atoms with Gasteiger partial charge in [0.15, 0.2) is 0 Å². The monoisotopic (exact) mass is 285 g/mol. The van der Waals surface area contributed by atoms with Crippen LogP contribution in [0, 0.1) is 6.92 Å². The summed E-state index contributed by atoms with van der Waals surface area (Å²) in [6.07, 6.45) is 2.69. The predicted molar refractivity (Wildman–Crippen MR) is 79.7 cm³/mol. The highest BCUT2D eigenvalue weighted by Crippen LogP contribution is 1.99. The number of carbonyl (C=O) groups excluding carboxylic acids is 1. The number of aromatic nitrogens is 2. The summed E-state index contributed by atoms with van der Waals surface area (Å²) in [6, 6.07) is 9.49. The third-order valence-electron chi connectivity index (χ3n) is 2.93. The summed E-state index contributed by atoms with van der Waals surface area (Å²) in [5.41, 5.74) is 0.582. The number of H-pyrrole nitrogens is 2. The second-order valence-electron chi connectivity index (χ2n) is 4.48. The second-order valence-corrected chi connectivity index (χ2v) is 4.48. The van der Waals surface area contributed by atoms with Crippen molar-refractivity contribution < 1.29 is 4.79 Å². The van der Waals surface area contributed by atoms with Crippen molar-refractivity contribution in [3.8, 4) is 0 Å².